The Morgan fingerprint density at radius 2 is 1.43 bits per heavy atom. The van der Waals surface area contributed by atoms with Crippen LogP contribution in [0.3, 0.4) is 0 Å². The summed E-state index contributed by atoms with van der Waals surface area (Å²) in [5.41, 5.74) is 0. The van der Waals surface area contributed by atoms with Gasteiger partial charge < -0.3 is 4.74 Å². The molecule has 0 aliphatic heterocycles. The van der Waals surface area contributed by atoms with Gasteiger partial charge in [-0.1, -0.05) is 23.2 Å². The summed E-state index contributed by atoms with van der Waals surface area (Å²) in [4.78, 5) is 0. The van der Waals surface area contributed by atoms with Crippen LogP contribution in [0.1, 0.15) is 0 Å². The molecule has 1 aromatic carbocycles. The second-order valence-corrected chi connectivity index (χ2v) is 2.91. The van der Waals surface area contributed by atoms with Crippen LogP contribution in [-0.2, 0) is 0 Å². The third-order valence-electron chi connectivity index (χ3n) is 1.37. The number of ether oxygens (including phenoxy) is 1. The minimum absolute atomic E-state index is 0.946. The quantitative estimate of drug-likeness (QED) is 0.441. The highest BCUT2D eigenvalue weighted by Crippen LogP contribution is 2.37. The summed E-state index contributed by atoms with van der Waals surface area (Å²) in [5, 5.41) is -2.11. The molecule has 0 aliphatic rings. The first kappa shape index (κ1) is 11.4. The average molecular weight is 249 g/mol. The molecule has 1 aromatic rings. The number of alkyl halides is 1. The molecule has 0 spiro atoms. The van der Waals surface area contributed by atoms with Crippen molar-refractivity contribution in [1.82, 2.24) is 0 Å². The van der Waals surface area contributed by atoms with Crippen molar-refractivity contribution in [3.05, 3.63) is 27.5 Å². The van der Waals surface area contributed by atoms with Gasteiger partial charge in [0.25, 0.3) is 0 Å². The van der Waals surface area contributed by atoms with Crippen LogP contribution >= 0.6 is 23.2 Å². The predicted molar refractivity (Wildman–Crippen MR) is 42.9 cm³/mol. The molecule has 0 bridgehead atoms. The molecule has 0 amide bonds. The molecule has 0 saturated heterocycles. The zero-order valence-electron chi connectivity index (χ0n) is 6.38. The standard InChI is InChI=1S/C7H2Cl2F4O/c8-2-4(11)5(12)3(9)7(6(2)13)14-1-10/h1H2. The first-order valence-corrected chi connectivity index (χ1v) is 3.96. The fraction of sp³-hybridized carbons (Fsp3) is 0.143. The van der Waals surface area contributed by atoms with E-state index in [0.717, 1.165) is 0 Å². The maximum absolute atomic E-state index is 13.0. The van der Waals surface area contributed by atoms with Gasteiger partial charge in [0.1, 0.15) is 10.0 Å². The van der Waals surface area contributed by atoms with E-state index in [1.807, 2.05) is 0 Å². The van der Waals surface area contributed by atoms with Crippen molar-refractivity contribution in [2.75, 3.05) is 6.86 Å². The molecule has 0 saturated carbocycles. The molecule has 0 radical (unpaired) electrons. The summed E-state index contributed by atoms with van der Waals surface area (Å²) in [6, 6.07) is 0. The lowest BCUT2D eigenvalue weighted by atomic mass is 10.3. The molecule has 0 fully saturated rings. The van der Waals surface area contributed by atoms with Crippen molar-refractivity contribution in [3.8, 4) is 5.75 Å². The number of benzene rings is 1. The summed E-state index contributed by atoms with van der Waals surface area (Å²) >= 11 is 10.2. The molecule has 7 heteroatoms. The van der Waals surface area contributed by atoms with E-state index in [-0.39, 0.29) is 0 Å². The molecule has 0 unspecified atom stereocenters. The van der Waals surface area contributed by atoms with Crippen LogP contribution in [0, 0.1) is 17.5 Å². The van der Waals surface area contributed by atoms with Crippen molar-refractivity contribution >= 4 is 23.2 Å². The topological polar surface area (TPSA) is 9.23 Å². The van der Waals surface area contributed by atoms with E-state index in [0.29, 0.717) is 0 Å². The van der Waals surface area contributed by atoms with Gasteiger partial charge in [-0.2, -0.15) is 0 Å². The second kappa shape index (κ2) is 4.23. The van der Waals surface area contributed by atoms with Crippen LogP contribution in [0.5, 0.6) is 5.75 Å². The zero-order chi connectivity index (χ0) is 10.9. The maximum atomic E-state index is 13.0. The minimum Gasteiger partial charge on any atom is -0.458 e. The molecule has 14 heavy (non-hydrogen) atoms. The predicted octanol–water partition coefficient (Wildman–Crippen LogP) is 3.72. The van der Waals surface area contributed by atoms with E-state index in [2.05, 4.69) is 4.74 Å². The molecule has 78 valence electrons. The molecule has 0 atom stereocenters. The zero-order valence-corrected chi connectivity index (χ0v) is 7.89. The van der Waals surface area contributed by atoms with E-state index in [1.165, 1.54) is 0 Å². The average Bonchev–Trinajstić information content (AvgIpc) is 2.19. The Hall–Kier alpha value is -0.680. The monoisotopic (exact) mass is 248 g/mol. The Bertz CT molecular complexity index is 340. The van der Waals surface area contributed by atoms with Crippen molar-refractivity contribution < 1.29 is 22.3 Å². The van der Waals surface area contributed by atoms with Gasteiger partial charge in [0.05, 0.1) is 0 Å². The molecule has 0 heterocycles. The Balaban J connectivity index is 3.43. The number of rotatable bonds is 2. The summed E-state index contributed by atoms with van der Waals surface area (Å²) in [6.45, 7) is -1.43. The van der Waals surface area contributed by atoms with E-state index >= 15 is 0 Å². The fourth-order valence-corrected chi connectivity index (χ4v) is 1.16. The molecule has 1 rings (SSSR count). The molecule has 0 aromatic heterocycles. The third kappa shape index (κ3) is 1.74. The van der Waals surface area contributed by atoms with Crippen LogP contribution in [0.25, 0.3) is 0 Å². The van der Waals surface area contributed by atoms with Gasteiger partial charge in [0, 0.05) is 0 Å². The largest absolute Gasteiger partial charge is 0.458 e. The summed E-state index contributed by atoms with van der Waals surface area (Å²) < 4.78 is 54.2. The number of hydrogen-bond donors (Lipinski definition) is 0. The highest BCUT2D eigenvalue weighted by Gasteiger charge is 2.24. The Morgan fingerprint density at radius 1 is 0.929 bits per heavy atom. The lowest BCUT2D eigenvalue weighted by Crippen LogP contribution is -2.00. The van der Waals surface area contributed by atoms with Gasteiger partial charge in [0.2, 0.25) is 6.86 Å². The molecule has 0 N–H and O–H groups in total. The van der Waals surface area contributed by atoms with Crippen LogP contribution in [0.4, 0.5) is 17.6 Å². The smallest absolute Gasteiger partial charge is 0.228 e. The lowest BCUT2D eigenvalue weighted by Gasteiger charge is -2.08. The molecular formula is C7H2Cl2F4O. The number of halogens is 6. The van der Waals surface area contributed by atoms with Crippen molar-refractivity contribution in [2.45, 2.75) is 0 Å². The van der Waals surface area contributed by atoms with Crippen molar-refractivity contribution in [3.63, 3.8) is 0 Å². The van der Waals surface area contributed by atoms with E-state index in [4.69, 9.17) is 23.2 Å². The molecular weight excluding hydrogens is 247 g/mol. The van der Waals surface area contributed by atoms with Crippen LogP contribution < -0.4 is 4.74 Å². The van der Waals surface area contributed by atoms with Gasteiger partial charge in [-0.25, -0.2) is 17.6 Å². The second-order valence-electron chi connectivity index (χ2n) is 2.15. The van der Waals surface area contributed by atoms with Gasteiger partial charge in [0.15, 0.2) is 23.2 Å². The highest BCUT2D eigenvalue weighted by molar-refractivity contribution is 6.34. The van der Waals surface area contributed by atoms with Crippen molar-refractivity contribution in [1.29, 1.82) is 0 Å². The Kier molecular flexibility index (Phi) is 3.44. The lowest BCUT2D eigenvalue weighted by molar-refractivity contribution is 0.183. The fourth-order valence-electron chi connectivity index (χ4n) is 0.766. The summed E-state index contributed by atoms with van der Waals surface area (Å²) in [5.74, 6) is -5.60. The Morgan fingerprint density at radius 3 is 1.93 bits per heavy atom. The first-order chi connectivity index (χ1) is 6.50. The molecule has 0 aliphatic carbocycles. The van der Waals surface area contributed by atoms with E-state index in [9.17, 15) is 17.6 Å². The van der Waals surface area contributed by atoms with E-state index < -0.39 is 40.1 Å². The van der Waals surface area contributed by atoms with E-state index in [1.54, 1.807) is 0 Å². The van der Waals surface area contributed by atoms with Crippen LogP contribution in [0.2, 0.25) is 10.0 Å². The van der Waals surface area contributed by atoms with Crippen LogP contribution in [0.15, 0.2) is 0 Å². The number of hydrogen-bond acceptors (Lipinski definition) is 1. The SMILES string of the molecule is FCOc1c(F)c(Cl)c(F)c(F)c1Cl. The van der Waals surface area contributed by atoms with Gasteiger partial charge in [-0.15, -0.1) is 0 Å². The first-order valence-electron chi connectivity index (χ1n) is 3.20. The molecule has 1 nitrogen and oxygen atoms in total. The van der Waals surface area contributed by atoms with Crippen molar-refractivity contribution in [2.24, 2.45) is 0 Å². The van der Waals surface area contributed by atoms with Crippen LogP contribution in [-0.4, -0.2) is 6.86 Å². The third-order valence-corrected chi connectivity index (χ3v) is 2.04. The normalized spacial score (nSPS) is 10.4. The highest BCUT2D eigenvalue weighted by atomic mass is 35.5. The minimum atomic E-state index is -1.64. The maximum Gasteiger partial charge on any atom is 0.228 e. The van der Waals surface area contributed by atoms with Gasteiger partial charge >= 0.3 is 0 Å². The van der Waals surface area contributed by atoms with Gasteiger partial charge in [-0.05, 0) is 0 Å². The Labute approximate surface area is 86.2 Å². The van der Waals surface area contributed by atoms with Gasteiger partial charge in [-0.3, -0.25) is 0 Å². The summed E-state index contributed by atoms with van der Waals surface area (Å²) in [7, 11) is 0. The summed E-state index contributed by atoms with van der Waals surface area (Å²) in [6.07, 6.45) is 0.